The van der Waals surface area contributed by atoms with Crippen LogP contribution in [-0.2, 0) is 9.53 Å². The fourth-order valence-electron chi connectivity index (χ4n) is 1.24. The van der Waals surface area contributed by atoms with E-state index >= 15 is 0 Å². The van der Waals surface area contributed by atoms with Crippen molar-refractivity contribution in [1.82, 2.24) is 4.90 Å². The molecule has 1 unspecified atom stereocenters. The normalized spacial score (nSPS) is 24.4. The number of ether oxygens (including phenoxy) is 1. The molecule has 1 heterocycles. The summed E-state index contributed by atoms with van der Waals surface area (Å²) < 4.78 is 5.17. The summed E-state index contributed by atoms with van der Waals surface area (Å²) in [6.45, 7) is 1.85. The molecule has 1 rings (SSSR count). The van der Waals surface area contributed by atoms with Crippen LogP contribution in [0, 0.1) is 0 Å². The van der Waals surface area contributed by atoms with Gasteiger partial charge in [0.1, 0.15) is 0 Å². The molecule has 4 heteroatoms. The minimum Gasteiger partial charge on any atom is -0.380 e. The summed E-state index contributed by atoms with van der Waals surface area (Å²) >= 11 is 0. The number of nitrogens with two attached hydrogens (primary N) is 1. The highest BCUT2D eigenvalue weighted by atomic mass is 16.5. The first-order chi connectivity index (χ1) is 5.20. The number of primary amides is 1. The van der Waals surface area contributed by atoms with Gasteiger partial charge in [0, 0.05) is 12.6 Å². The van der Waals surface area contributed by atoms with Gasteiger partial charge in [-0.3, -0.25) is 9.69 Å². The molecule has 0 aromatic heterocycles. The summed E-state index contributed by atoms with van der Waals surface area (Å²) in [6, 6.07) is 0.377. The van der Waals surface area contributed by atoms with Crippen molar-refractivity contribution in [2.45, 2.75) is 12.5 Å². The molecule has 1 amide bonds. The predicted molar refractivity (Wildman–Crippen MR) is 41.0 cm³/mol. The smallest absolute Gasteiger partial charge is 0.231 e. The molecule has 0 saturated carbocycles. The molecule has 1 atom stereocenters. The lowest BCUT2D eigenvalue weighted by Crippen LogP contribution is -2.38. The van der Waals surface area contributed by atoms with Gasteiger partial charge in [-0.25, -0.2) is 0 Å². The number of hydrogen-bond acceptors (Lipinski definition) is 3. The second kappa shape index (κ2) is 3.69. The monoisotopic (exact) mass is 158 g/mol. The van der Waals surface area contributed by atoms with Crippen LogP contribution in [0.5, 0.6) is 0 Å². The van der Waals surface area contributed by atoms with E-state index in [-0.39, 0.29) is 5.91 Å². The molecule has 1 fully saturated rings. The van der Waals surface area contributed by atoms with E-state index in [2.05, 4.69) is 0 Å². The second-order valence-corrected chi connectivity index (χ2v) is 2.90. The van der Waals surface area contributed by atoms with Crippen LogP contribution in [0.2, 0.25) is 0 Å². The van der Waals surface area contributed by atoms with E-state index in [1.54, 1.807) is 0 Å². The van der Waals surface area contributed by atoms with Crippen LogP contribution in [0.1, 0.15) is 6.42 Å². The van der Waals surface area contributed by atoms with Crippen molar-refractivity contribution in [2.24, 2.45) is 5.73 Å². The molecule has 1 aliphatic heterocycles. The minimum absolute atomic E-state index is 0.278. The Balaban J connectivity index is 2.28. The van der Waals surface area contributed by atoms with Gasteiger partial charge in [-0.15, -0.1) is 0 Å². The van der Waals surface area contributed by atoms with Crippen LogP contribution in [0.15, 0.2) is 0 Å². The van der Waals surface area contributed by atoms with Crippen LogP contribution in [0.4, 0.5) is 0 Å². The molecule has 0 aliphatic carbocycles. The maximum atomic E-state index is 10.5. The lowest BCUT2D eigenvalue weighted by molar-refractivity contribution is -0.119. The Morgan fingerprint density at radius 3 is 3.00 bits per heavy atom. The third kappa shape index (κ3) is 2.48. The van der Waals surface area contributed by atoms with Gasteiger partial charge in [0.25, 0.3) is 0 Å². The quantitative estimate of drug-likeness (QED) is 0.584. The topological polar surface area (TPSA) is 55.6 Å². The number of carbonyl (C=O) groups excluding carboxylic acids is 1. The number of hydrogen-bond donors (Lipinski definition) is 1. The van der Waals surface area contributed by atoms with Crippen molar-refractivity contribution < 1.29 is 9.53 Å². The molecule has 11 heavy (non-hydrogen) atoms. The Morgan fingerprint density at radius 2 is 2.55 bits per heavy atom. The molecule has 64 valence electrons. The maximum absolute atomic E-state index is 10.5. The lowest BCUT2D eigenvalue weighted by atomic mass is 10.2. The van der Waals surface area contributed by atoms with Crippen LogP contribution in [0.3, 0.4) is 0 Å². The van der Waals surface area contributed by atoms with Gasteiger partial charge in [-0.05, 0) is 13.5 Å². The van der Waals surface area contributed by atoms with E-state index in [1.165, 1.54) is 0 Å². The average Bonchev–Trinajstić information content (AvgIpc) is 2.35. The summed E-state index contributed by atoms with van der Waals surface area (Å²) in [5.41, 5.74) is 5.04. The number of rotatable bonds is 3. The fourth-order valence-corrected chi connectivity index (χ4v) is 1.24. The van der Waals surface area contributed by atoms with Gasteiger partial charge < -0.3 is 10.5 Å². The Kier molecular flexibility index (Phi) is 2.84. The lowest BCUT2D eigenvalue weighted by Gasteiger charge is -2.20. The van der Waals surface area contributed by atoms with E-state index in [9.17, 15) is 4.79 Å². The molecule has 0 bridgehead atoms. The summed E-state index contributed by atoms with van der Waals surface area (Å²) in [5.74, 6) is -0.278. The molecule has 1 saturated heterocycles. The van der Waals surface area contributed by atoms with Crippen molar-refractivity contribution in [3.63, 3.8) is 0 Å². The number of amides is 1. The van der Waals surface area contributed by atoms with Crippen LogP contribution >= 0.6 is 0 Å². The Hall–Kier alpha value is -0.610. The highest BCUT2D eigenvalue weighted by Crippen LogP contribution is 2.09. The van der Waals surface area contributed by atoms with Crippen molar-refractivity contribution in [3.8, 4) is 0 Å². The van der Waals surface area contributed by atoms with Gasteiger partial charge in [-0.1, -0.05) is 0 Å². The molecule has 0 aromatic carbocycles. The van der Waals surface area contributed by atoms with Crippen molar-refractivity contribution in [2.75, 3.05) is 26.8 Å². The van der Waals surface area contributed by atoms with Crippen molar-refractivity contribution in [1.29, 1.82) is 0 Å². The van der Waals surface area contributed by atoms with Crippen LogP contribution in [-0.4, -0.2) is 43.7 Å². The molecule has 0 spiro atoms. The summed E-state index contributed by atoms with van der Waals surface area (Å²) in [4.78, 5) is 12.4. The van der Waals surface area contributed by atoms with Crippen molar-refractivity contribution in [3.05, 3.63) is 0 Å². The van der Waals surface area contributed by atoms with E-state index in [4.69, 9.17) is 10.5 Å². The third-order valence-corrected chi connectivity index (χ3v) is 1.93. The molecule has 4 nitrogen and oxygen atoms in total. The van der Waals surface area contributed by atoms with Gasteiger partial charge in [0.15, 0.2) is 0 Å². The first-order valence-electron chi connectivity index (χ1n) is 3.76. The zero-order valence-corrected chi connectivity index (χ0v) is 6.75. The van der Waals surface area contributed by atoms with Gasteiger partial charge >= 0.3 is 0 Å². The number of nitrogens with zero attached hydrogens (tertiary/aromatic N) is 1. The summed E-state index contributed by atoms with van der Waals surface area (Å²) in [6.07, 6.45) is 1.00. The minimum atomic E-state index is -0.278. The Labute approximate surface area is 66.3 Å². The molecular formula is C7H14N2O2. The zero-order valence-electron chi connectivity index (χ0n) is 6.75. The highest BCUT2D eigenvalue weighted by molar-refractivity contribution is 5.75. The van der Waals surface area contributed by atoms with E-state index in [0.717, 1.165) is 19.6 Å². The second-order valence-electron chi connectivity index (χ2n) is 2.90. The zero-order chi connectivity index (χ0) is 8.27. The van der Waals surface area contributed by atoms with E-state index in [0.29, 0.717) is 12.6 Å². The molecule has 2 N–H and O–H groups in total. The number of carbonyl (C=O) groups is 1. The summed E-state index contributed by atoms with van der Waals surface area (Å²) in [7, 11) is 1.89. The van der Waals surface area contributed by atoms with Gasteiger partial charge in [-0.2, -0.15) is 0 Å². The molecule has 0 radical (unpaired) electrons. The first-order valence-corrected chi connectivity index (χ1v) is 3.76. The summed E-state index contributed by atoms with van der Waals surface area (Å²) in [5, 5.41) is 0. The number of likely N-dealkylation sites (N-methyl/N-ethyl adjacent to an activating group) is 1. The maximum Gasteiger partial charge on any atom is 0.231 e. The molecule has 0 aromatic rings. The third-order valence-electron chi connectivity index (χ3n) is 1.93. The molecular weight excluding hydrogens is 144 g/mol. The van der Waals surface area contributed by atoms with Crippen molar-refractivity contribution >= 4 is 5.91 Å². The predicted octanol–water partition coefficient (Wildman–Crippen LogP) is -0.808. The SMILES string of the molecule is CN(CC(N)=O)C1CCOC1. The average molecular weight is 158 g/mol. The first kappa shape index (κ1) is 8.49. The fraction of sp³-hybridized carbons (Fsp3) is 0.857. The largest absolute Gasteiger partial charge is 0.380 e. The van der Waals surface area contributed by atoms with Crippen LogP contribution < -0.4 is 5.73 Å². The standard InChI is InChI=1S/C7H14N2O2/c1-9(4-7(8)10)6-2-3-11-5-6/h6H,2-5H2,1H3,(H2,8,10). The Bertz CT molecular complexity index is 143. The van der Waals surface area contributed by atoms with Gasteiger partial charge in [0.05, 0.1) is 13.2 Å². The Morgan fingerprint density at radius 1 is 1.82 bits per heavy atom. The van der Waals surface area contributed by atoms with E-state index in [1.807, 2.05) is 11.9 Å². The molecule has 1 aliphatic rings. The van der Waals surface area contributed by atoms with Gasteiger partial charge in [0.2, 0.25) is 5.91 Å². The van der Waals surface area contributed by atoms with Crippen LogP contribution in [0.25, 0.3) is 0 Å². The van der Waals surface area contributed by atoms with E-state index < -0.39 is 0 Å². The highest BCUT2D eigenvalue weighted by Gasteiger charge is 2.20.